The zero-order chi connectivity index (χ0) is 34.8. The maximum Gasteiger partial charge on any atom is 0.265 e. The van der Waals surface area contributed by atoms with Crippen LogP contribution in [0.25, 0.3) is 0 Å². The number of amides is 2. The number of ether oxygens (including phenoxy) is 3. The summed E-state index contributed by atoms with van der Waals surface area (Å²) in [4.78, 5) is 29.6. The average Bonchev–Trinajstić information content (AvgIpc) is 3.09. The van der Waals surface area contributed by atoms with Crippen LogP contribution in [0.4, 0.5) is 5.69 Å². The third kappa shape index (κ3) is 8.80. The molecule has 0 saturated carbocycles. The van der Waals surface area contributed by atoms with E-state index in [2.05, 4.69) is 21.2 Å². The molecule has 2 amide bonds. The van der Waals surface area contributed by atoms with Gasteiger partial charge < -0.3 is 24.4 Å². The van der Waals surface area contributed by atoms with Crippen molar-refractivity contribution < 1.29 is 32.2 Å². The fraction of sp³-hybridized carbons (Fsp3) is 0.257. The summed E-state index contributed by atoms with van der Waals surface area (Å²) in [7, 11) is -0.257. The van der Waals surface area contributed by atoms with Crippen LogP contribution in [-0.4, -0.2) is 65.6 Å². The maximum absolute atomic E-state index is 14.6. The Hall–Kier alpha value is -4.26. The summed E-state index contributed by atoms with van der Waals surface area (Å²) in [5, 5.41) is 3.07. The third-order valence-corrected chi connectivity index (χ3v) is 10.0. The van der Waals surface area contributed by atoms with Gasteiger partial charge in [0.05, 0.1) is 31.9 Å². The van der Waals surface area contributed by atoms with Gasteiger partial charge in [-0.15, -0.1) is 0 Å². The third-order valence-electron chi connectivity index (χ3n) is 7.52. The van der Waals surface area contributed by atoms with E-state index in [0.29, 0.717) is 12.3 Å². The van der Waals surface area contributed by atoms with Crippen molar-refractivity contribution >= 4 is 55.1 Å². The van der Waals surface area contributed by atoms with Gasteiger partial charge in [0, 0.05) is 35.1 Å². The number of anilines is 1. The first-order valence-electron chi connectivity index (χ1n) is 15.0. The van der Waals surface area contributed by atoms with Gasteiger partial charge in [-0.1, -0.05) is 70.0 Å². The summed E-state index contributed by atoms with van der Waals surface area (Å²) < 4.78 is 47.0. The number of rotatable bonds is 15. The van der Waals surface area contributed by atoms with Gasteiger partial charge in [0.2, 0.25) is 11.8 Å². The second-order valence-corrected chi connectivity index (χ2v) is 13.8. The van der Waals surface area contributed by atoms with E-state index in [9.17, 15) is 18.0 Å². The van der Waals surface area contributed by atoms with Gasteiger partial charge in [0.25, 0.3) is 10.0 Å². The van der Waals surface area contributed by atoms with Crippen LogP contribution >= 0.6 is 27.5 Å². The summed E-state index contributed by atoms with van der Waals surface area (Å²) >= 11 is 9.81. The van der Waals surface area contributed by atoms with E-state index >= 15 is 0 Å². The first kappa shape index (κ1) is 36.6. The lowest BCUT2D eigenvalue weighted by molar-refractivity contribution is -0.140. The molecule has 0 aliphatic rings. The number of hydrogen-bond acceptors (Lipinski definition) is 7. The highest BCUT2D eigenvalue weighted by Gasteiger charge is 2.36. The molecule has 1 N–H and O–H groups in total. The van der Waals surface area contributed by atoms with Gasteiger partial charge in [0.1, 0.15) is 18.3 Å². The van der Waals surface area contributed by atoms with Crippen molar-refractivity contribution in [3.8, 4) is 17.2 Å². The molecule has 0 saturated heterocycles. The number of nitrogens with zero attached hydrogens (tertiary/aromatic N) is 2. The fourth-order valence-corrected chi connectivity index (χ4v) is 6.97. The SMILES string of the molecule is CCNC(=O)[C@@H](Cc1ccccc1)N(Cc1ccc(Br)cc1)C(=O)CN(c1cc(Cl)ccc1OC)S(=O)(=O)c1ccc(OC)c(OC)c1. The Balaban J connectivity index is 1.87. The molecule has 0 fully saturated rings. The van der Waals surface area contributed by atoms with E-state index in [1.54, 1.807) is 13.0 Å². The van der Waals surface area contributed by atoms with Crippen LogP contribution < -0.4 is 23.8 Å². The van der Waals surface area contributed by atoms with Crippen molar-refractivity contribution in [3.05, 3.63) is 112 Å². The van der Waals surface area contributed by atoms with Crippen molar-refractivity contribution in [2.75, 3.05) is 38.7 Å². The van der Waals surface area contributed by atoms with E-state index in [0.717, 1.165) is 19.9 Å². The number of carbonyl (C=O) groups excluding carboxylic acids is 2. The molecule has 0 unspecified atom stereocenters. The predicted molar refractivity (Wildman–Crippen MR) is 189 cm³/mol. The quantitative estimate of drug-likeness (QED) is 0.156. The molecular formula is C35H37BrClN3O7S. The fourth-order valence-electron chi connectivity index (χ4n) is 5.11. The molecule has 48 heavy (non-hydrogen) atoms. The van der Waals surface area contributed by atoms with Crippen molar-refractivity contribution in [1.29, 1.82) is 0 Å². The molecule has 0 aliphatic carbocycles. The maximum atomic E-state index is 14.6. The molecular weight excluding hydrogens is 722 g/mol. The minimum absolute atomic E-state index is 0.0255. The number of nitrogens with one attached hydrogen (secondary N) is 1. The molecule has 4 aromatic rings. The van der Waals surface area contributed by atoms with E-state index < -0.39 is 28.5 Å². The molecule has 0 aliphatic heterocycles. The largest absolute Gasteiger partial charge is 0.495 e. The van der Waals surface area contributed by atoms with Gasteiger partial charge in [-0.3, -0.25) is 13.9 Å². The normalized spacial score (nSPS) is 11.7. The van der Waals surface area contributed by atoms with Gasteiger partial charge in [-0.25, -0.2) is 8.42 Å². The zero-order valence-electron chi connectivity index (χ0n) is 27.0. The standard InChI is InChI=1S/C35H37BrClN3O7S/c1-5-38-35(42)30(19-24-9-7-6-8-10-24)39(22-25-11-13-26(36)14-12-25)34(41)23-40(29-20-27(37)15-17-31(29)45-2)48(43,44)28-16-18-32(46-3)33(21-28)47-4/h6-18,20-21,30H,5,19,22-23H2,1-4H3,(H,38,42)/t30-/m1/s1. The predicted octanol–water partition coefficient (Wildman–Crippen LogP) is 6.10. The highest BCUT2D eigenvalue weighted by molar-refractivity contribution is 9.10. The lowest BCUT2D eigenvalue weighted by atomic mass is 10.0. The molecule has 254 valence electrons. The molecule has 0 bridgehead atoms. The minimum Gasteiger partial charge on any atom is -0.495 e. The molecule has 0 aromatic heterocycles. The molecule has 4 rings (SSSR count). The van der Waals surface area contributed by atoms with Crippen LogP contribution in [0.15, 0.2) is 100 Å². The highest BCUT2D eigenvalue weighted by Crippen LogP contribution is 2.37. The Kier molecular flexibility index (Phi) is 12.7. The molecule has 10 nitrogen and oxygen atoms in total. The van der Waals surface area contributed by atoms with Crippen LogP contribution in [0.5, 0.6) is 17.2 Å². The number of carbonyl (C=O) groups is 2. The number of methoxy groups -OCH3 is 3. The zero-order valence-corrected chi connectivity index (χ0v) is 30.1. The van der Waals surface area contributed by atoms with Gasteiger partial charge in [-0.05, 0) is 60.5 Å². The Labute approximate surface area is 294 Å². The van der Waals surface area contributed by atoms with Crippen LogP contribution in [0.2, 0.25) is 5.02 Å². The molecule has 0 radical (unpaired) electrons. The first-order chi connectivity index (χ1) is 23.0. The van der Waals surface area contributed by atoms with Crippen LogP contribution in [0, 0.1) is 0 Å². The summed E-state index contributed by atoms with van der Waals surface area (Å²) in [5.74, 6) is -0.331. The lowest BCUT2D eigenvalue weighted by Crippen LogP contribution is -2.53. The molecule has 0 heterocycles. The Morgan fingerprint density at radius 1 is 0.833 bits per heavy atom. The monoisotopic (exact) mass is 757 g/mol. The van der Waals surface area contributed by atoms with Crippen LogP contribution in [-0.2, 0) is 32.6 Å². The summed E-state index contributed by atoms with van der Waals surface area (Å²) in [6.45, 7) is 1.47. The van der Waals surface area contributed by atoms with Crippen molar-refractivity contribution in [2.24, 2.45) is 0 Å². The highest BCUT2D eigenvalue weighted by atomic mass is 79.9. The van der Waals surface area contributed by atoms with E-state index in [4.69, 9.17) is 25.8 Å². The van der Waals surface area contributed by atoms with Crippen LogP contribution in [0.1, 0.15) is 18.1 Å². The second kappa shape index (κ2) is 16.7. The number of sulfonamides is 1. The first-order valence-corrected chi connectivity index (χ1v) is 17.6. The topological polar surface area (TPSA) is 114 Å². The Morgan fingerprint density at radius 2 is 1.48 bits per heavy atom. The smallest absolute Gasteiger partial charge is 0.265 e. The number of likely N-dealkylation sites (N-methyl/N-ethyl adjacent to an activating group) is 1. The number of halogens is 2. The summed E-state index contributed by atoms with van der Waals surface area (Å²) in [6, 6.07) is 24.3. The molecule has 4 aromatic carbocycles. The van der Waals surface area contributed by atoms with Gasteiger partial charge in [-0.2, -0.15) is 0 Å². The molecule has 1 atom stereocenters. The van der Waals surface area contributed by atoms with Crippen LogP contribution in [0.3, 0.4) is 0 Å². The molecule has 0 spiro atoms. The van der Waals surface area contributed by atoms with Crippen molar-refractivity contribution in [2.45, 2.75) is 30.8 Å². The Morgan fingerprint density at radius 3 is 2.10 bits per heavy atom. The van der Waals surface area contributed by atoms with E-state index in [1.807, 2.05) is 54.6 Å². The summed E-state index contributed by atoms with van der Waals surface area (Å²) in [6.07, 6.45) is 0.192. The van der Waals surface area contributed by atoms with Crippen molar-refractivity contribution in [3.63, 3.8) is 0 Å². The molecule has 13 heteroatoms. The second-order valence-electron chi connectivity index (χ2n) is 10.6. The van der Waals surface area contributed by atoms with Crippen molar-refractivity contribution in [1.82, 2.24) is 10.2 Å². The minimum atomic E-state index is -4.48. The number of hydrogen-bond donors (Lipinski definition) is 1. The van der Waals surface area contributed by atoms with E-state index in [1.165, 1.54) is 56.6 Å². The number of benzene rings is 4. The van der Waals surface area contributed by atoms with Gasteiger partial charge >= 0.3 is 0 Å². The summed E-state index contributed by atoms with van der Waals surface area (Å²) in [5.41, 5.74) is 1.60. The van der Waals surface area contributed by atoms with E-state index in [-0.39, 0.29) is 46.0 Å². The lowest BCUT2D eigenvalue weighted by Gasteiger charge is -2.34. The average molecular weight is 759 g/mol. The Bertz CT molecular complexity index is 1830. The van der Waals surface area contributed by atoms with Gasteiger partial charge in [0.15, 0.2) is 11.5 Å².